The maximum Gasteiger partial charge on any atom is 0.236 e. The lowest BCUT2D eigenvalue weighted by Gasteiger charge is -2.35. The average Bonchev–Trinajstić information content (AvgIpc) is 3.05. The van der Waals surface area contributed by atoms with Crippen molar-refractivity contribution >= 4 is 11.8 Å². The van der Waals surface area contributed by atoms with E-state index in [1.807, 2.05) is 4.90 Å². The van der Waals surface area contributed by atoms with Crippen LogP contribution in [-0.4, -0.2) is 85.4 Å². The van der Waals surface area contributed by atoms with Gasteiger partial charge in [-0.2, -0.15) is 0 Å². The van der Waals surface area contributed by atoms with E-state index >= 15 is 0 Å². The number of amides is 2. The lowest BCUT2D eigenvalue weighted by molar-refractivity contribution is -0.136. The second-order valence-corrected chi connectivity index (χ2v) is 8.06. The molecule has 1 saturated carbocycles. The molecule has 3 saturated heterocycles. The van der Waals surface area contributed by atoms with Crippen molar-refractivity contribution in [1.82, 2.24) is 20.0 Å². The van der Waals surface area contributed by atoms with Crippen LogP contribution in [0.15, 0.2) is 0 Å². The van der Waals surface area contributed by atoms with Gasteiger partial charge in [0.25, 0.3) is 0 Å². The Kier molecular flexibility index (Phi) is 4.52. The van der Waals surface area contributed by atoms with Crippen molar-refractivity contribution in [1.29, 1.82) is 0 Å². The monoisotopic (exact) mass is 334 g/mol. The van der Waals surface area contributed by atoms with E-state index in [4.69, 9.17) is 0 Å². The van der Waals surface area contributed by atoms with Gasteiger partial charge >= 0.3 is 0 Å². The Morgan fingerprint density at radius 3 is 2.25 bits per heavy atom. The summed E-state index contributed by atoms with van der Waals surface area (Å²) >= 11 is 0. The third-order valence-electron chi connectivity index (χ3n) is 6.59. The fourth-order valence-corrected chi connectivity index (χ4v) is 4.78. The van der Waals surface area contributed by atoms with Gasteiger partial charge in [-0.3, -0.25) is 14.5 Å². The van der Waals surface area contributed by atoms with Gasteiger partial charge < -0.3 is 15.1 Å². The van der Waals surface area contributed by atoms with Crippen LogP contribution in [0.2, 0.25) is 0 Å². The average molecular weight is 334 g/mol. The molecule has 134 valence electrons. The topological polar surface area (TPSA) is 55.9 Å². The molecule has 24 heavy (non-hydrogen) atoms. The Morgan fingerprint density at radius 1 is 0.917 bits per heavy atom. The first-order chi connectivity index (χ1) is 11.7. The van der Waals surface area contributed by atoms with E-state index in [1.165, 1.54) is 0 Å². The molecule has 1 atom stereocenters. The van der Waals surface area contributed by atoms with Gasteiger partial charge in [-0.15, -0.1) is 0 Å². The minimum Gasteiger partial charge on any atom is -0.342 e. The molecule has 0 aromatic rings. The summed E-state index contributed by atoms with van der Waals surface area (Å²) in [5.74, 6) is 0.919. The van der Waals surface area contributed by atoms with Gasteiger partial charge in [-0.05, 0) is 50.6 Å². The Balaban J connectivity index is 1.23. The van der Waals surface area contributed by atoms with Gasteiger partial charge in [-0.25, -0.2) is 0 Å². The molecule has 2 amide bonds. The standard InChI is InChI=1S/C18H30N4O2/c23-16(21-7-1-2-8-21)14-20-9-11-22(12-10-20)17(24)15-13-18(15)3-5-19-6-4-18/h15,19H,1-14H2. The Morgan fingerprint density at radius 2 is 1.58 bits per heavy atom. The third-order valence-corrected chi connectivity index (χ3v) is 6.59. The fraction of sp³-hybridized carbons (Fsp3) is 0.889. The maximum atomic E-state index is 12.8. The molecular formula is C18H30N4O2. The normalized spacial score (nSPS) is 29.9. The summed E-state index contributed by atoms with van der Waals surface area (Å²) in [6, 6.07) is 0. The highest BCUT2D eigenvalue weighted by atomic mass is 16.2. The van der Waals surface area contributed by atoms with Crippen molar-refractivity contribution in [2.24, 2.45) is 11.3 Å². The second-order valence-electron chi connectivity index (χ2n) is 8.06. The summed E-state index contributed by atoms with van der Waals surface area (Å²) in [6.07, 6.45) is 5.71. The maximum absolute atomic E-state index is 12.8. The number of rotatable bonds is 3. The highest BCUT2D eigenvalue weighted by Crippen LogP contribution is 2.59. The van der Waals surface area contributed by atoms with Gasteiger partial charge in [0.05, 0.1) is 6.54 Å². The molecule has 4 rings (SSSR count). The van der Waals surface area contributed by atoms with Crippen molar-refractivity contribution in [2.45, 2.75) is 32.1 Å². The van der Waals surface area contributed by atoms with E-state index in [0.717, 1.165) is 84.5 Å². The molecule has 0 aromatic carbocycles. The van der Waals surface area contributed by atoms with Crippen molar-refractivity contribution in [3.8, 4) is 0 Å². The molecule has 0 aromatic heterocycles. The summed E-state index contributed by atoms with van der Waals surface area (Å²) in [5, 5.41) is 3.40. The number of piperazine rings is 1. The van der Waals surface area contributed by atoms with Gasteiger partial charge in [-0.1, -0.05) is 0 Å². The lowest BCUT2D eigenvalue weighted by Crippen LogP contribution is -2.52. The third kappa shape index (κ3) is 3.18. The van der Waals surface area contributed by atoms with Gasteiger partial charge in [0, 0.05) is 45.2 Å². The number of carbonyl (C=O) groups is 2. The number of hydrogen-bond acceptors (Lipinski definition) is 4. The van der Waals surface area contributed by atoms with E-state index in [1.54, 1.807) is 0 Å². The highest BCUT2D eigenvalue weighted by Gasteiger charge is 2.58. The van der Waals surface area contributed by atoms with Gasteiger partial charge in [0.2, 0.25) is 11.8 Å². The first-order valence-corrected chi connectivity index (χ1v) is 9.68. The van der Waals surface area contributed by atoms with Gasteiger partial charge in [0.1, 0.15) is 0 Å². The Labute approximate surface area is 144 Å². The minimum atomic E-state index is 0.267. The predicted octanol–water partition coefficient (Wildman–Crippen LogP) is 0.143. The molecule has 6 nitrogen and oxygen atoms in total. The van der Waals surface area contributed by atoms with Crippen LogP contribution >= 0.6 is 0 Å². The van der Waals surface area contributed by atoms with E-state index in [-0.39, 0.29) is 11.8 Å². The van der Waals surface area contributed by atoms with E-state index < -0.39 is 0 Å². The molecule has 1 aliphatic carbocycles. The van der Waals surface area contributed by atoms with Crippen molar-refractivity contribution in [2.75, 3.05) is 58.9 Å². The highest BCUT2D eigenvalue weighted by molar-refractivity contribution is 5.83. The minimum absolute atomic E-state index is 0.267. The van der Waals surface area contributed by atoms with Crippen LogP contribution in [0.1, 0.15) is 32.1 Å². The first kappa shape index (κ1) is 16.3. The summed E-state index contributed by atoms with van der Waals surface area (Å²) in [6.45, 7) is 7.77. The fourth-order valence-electron chi connectivity index (χ4n) is 4.78. The molecule has 0 radical (unpaired) electrons. The number of nitrogens with one attached hydrogen (secondary N) is 1. The molecule has 4 fully saturated rings. The Bertz CT molecular complexity index is 489. The smallest absolute Gasteiger partial charge is 0.236 e. The SMILES string of the molecule is O=C(CN1CCN(C(=O)C2CC23CCNCC3)CC1)N1CCCC1. The number of carbonyl (C=O) groups excluding carboxylic acids is 2. The van der Waals surface area contributed by atoms with E-state index in [2.05, 4.69) is 15.1 Å². The number of likely N-dealkylation sites (tertiary alicyclic amines) is 1. The molecule has 6 heteroatoms. The van der Waals surface area contributed by atoms with Crippen LogP contribution in [0.3, 0.4) is 0 Å². The number of nitrogens with zero attached hydrogens (tertiary/aromatic N) is 3. The molecule has 1 N–H and O–H groups in total. The summed E-state index contributed by atoms with van der Waals surface area (Å²) < 4.78 is 0. The summed E-state index contributed by atoms with van der Waals surface area (Å²) in [4.78, 5) is 31.3. The molecule has 1 unspecified atom stereocenters. The zero-order valence-electron chi connectivity index (χ0n) is 14.6. The lowest BCUT2D eigenvalue weighted by atomic mass is 9.91. The van der Waals surface area contributed by atoms with Crippen LogP contribution < -0.4 is 5.32 Å². The summed E-state index contributed by atoms with van der Waals surface area (Å²) in [5.41, 5.74) is 0.325. The first-order valence-electron chi connectivity index (χ1n) is 9.68. The Hall–Kier alpha value is -1.14. The van der Waals surface area contributed by atoms with E-state index in [0.29, 0.717) is 17.9 Å². The molecule has 3 aliphatic heterocycles. The van der Waals surface area contributed by atoms with E-state index in [9.17, 15) is 9.59 Å². The molecule has 0 bridgehead atoms. The van der Waals surface area contributed by atoms with Gasteiger partial charge in [0.15, 0.2) is 0 Å². The van der Waals surface area contributed by atoms with Crippen molar-refractivity contribution in [3.05, 3.63) is 0 Å². The molecule has 3 heterocycles. The van der Waals surface area contributed by atoms with Crippen molar-refractivity contribution in [3.63, 3.8) is 0 Å². The molecule has 1 spiro atoms. The molecule has 4 aliphatic rings. The van der Waals surface area contributed by atoms with Crippen LogP contribution in [-0.2, 0) is 9.59 Å². The van der Waals surface area contributed by atoms with Crippen LogP contribution in [0.5, 0.6) is 0 Å². The largest absolute Gasteiger partial charge is 0.342 e. The zero-order chi connectivity index (χ0) is 16.6. The van der Waals surface area contributed by atoms with Crippen LogP contribution in [0, 0.1) is 11.3 Å². The second kappa shape index (κ2) is 6.64. The van der Waals surface area contributed by atoms with Crippen molar-refractivity contribution < 1.29 is 9.59 Å². The quantitative estimate of drug-likeness (QED) is 0.798. The van der Waals surface area contributed by atoms with Crippen LogP contribution in [0.25, 0.3) is 0 Å². The zero-order valence-corrected chi connectivity index (χ0v) is 14.6. The summed E-state index contributed by atoms with van der Waals surface area (Å²) in [7, 11) is 0. The predicted molar refractivity (Wildman–Crippen MR) is 91.5 cm³/mol. The molecular weight excluding hydrogens is 304 g/mol. The van der Waals surface area contributed by atoms with Crippen LogP contribution in [0.4, 0.5) is 0 Å². The number of hydrogen-bond donors (Lipinski definition) is 1. The number of piperidine rings is 1.